The number of aromatic nitrogens is 1. The first-order chi connectivity index (χ1) is 23.8. The van der Waals surface area contributed by atoms with Gasteiger partial charge in [0.25, 0.3) is 0 Å². The fraction of sp³-hybridized carbons (Fsp3) is 0.111. The smallest absolute Gasteiger partial charge is 0.0774 e. The van der Waals surface area contributed by atoms with Gasteiger partial charge in [0.2, 0.25) is 0 Å². The van der Waals surface area contributed by atoms with Crippen LogP contribution in [0.2, 0.25) is 0 Å². The first kappa shape index (κ1) is 27.3. The first-order valence-corrected chi connectivity index (χ1v) is 17.2. The topological polar surface area (TPSA) is 20.2 Å². The summed E-state index contributed by atoms with van der Waals surface area (Å²) < 4.78 is 2.52. The van der Waals surface area contributed by atoms with Gasteiger partial charge >= 0.3 is 0 Å². The van der Waals surface area contributed by atoms with Gasteiger partial charge in [-0.05, 0) is 84.8 Å². The molecule has 3 heteroatoms. The summed E-state index contributed by atoms with van der Waals surface area (Å²) in [5.41, 5.74) is 18.1. The zero-order chi connectivity index (χ0) is 31.6. The Bertz CT molecular complexity index is 2380. The molecule has 0 radical (unpaired) electrons. The molecule has 0 saturated carbocycles. The summed E-state index contributed by atoms with van der Waals surface area (Å²) >= 11 is 0. The van der Waals surface area contributed by atoms with Gasteiger partial charge in [0, 0.05) is 50.4 Å². The molecule has 1 unspecified atom stereocenters. The Kier molecular flexibility index (Phi) is 6.20. The number of nitrogens with one attached hydrogen (secondary N) is 1. The van der Waals surface area contributed by atoms with Crippen LogP contribution in [0.1, 0.15) is 54.1 Å². The number of fused-ring (bicyclic) bond motifs is 8. The van der Waals surface area contributed by atoms with Gasteiger partial charge in [-0.15, -0.1) is 0 Å². The molecule has 2 aliphatic heterocycles. The predicted molar refractivity (Wildman–Crippen MR) is 200 cm³/mol. The summed E-state index contributed by atoms with van der Waals surface area (Å²) in [6, 6.07) is 46.8. The van der Waals surface area contributed by atoms with Gasteiger partial charge in [-0.3, -0.25) is 0 Å². The van der Waals surface area contributed by atoms with Gasteiger partial charge in [-0.2, -0.15) is 0 Å². The summed E-state index contributed by atoms with van der Waals surface area (Å²) in [4.78, 5) is 2.60. The lowest BCUT2D eigenvalue weighted by Gasteiger charge is -2.34. The third-order valence-electron chi connectivity index (χ3n) is 10.5. The SMILES string of the molecule is C1=CC2=C(CC1)c1c(c3ccccc3n1-c1ccccc1)C1=C(CCC=C1)N2c1cccc(C2Nc3ccccc3-c3ccccc32)c1. The molecule has 3 heterocycles. The second kappa shape index (κ2) is 10.9. The third-order valence-corrected chi connectivity index (χ3v) is 10.5. The van der Waals surface area contributed by atoms with Crippen LogP contribution in [0.3, 0.4) is 0 Å². The second-order valence-corrected chi connectivity index (χ2v) is 13.2. The Hall–Kier alpha value is -5.80. The minimum Gasteiger partial charge on any atom is -0.374 e. The molecule has 0 fully saturated rings. The summed E-state index contributed by atoms with van der Waals surface area (Å²) in [7, 11) is 0. The number of rotatable bonds is 3. The molecule has 4 aliphatic rings. The molecular formula is C45H35N3. The van der Waals surface area contributed by atoms with Crippen LogP contribution in [0.4, 0.5) is 11.4 Å². The van der Waals surface area contributed by atoms with Gasteiger partial charge in [0.15, 0.2) is 0 Å². The number of benzene rings is 5. The van der Waals surface area contributed by atoms with E-state index >= 15 is 0 Å². The maximum Gasteiger partial charge on any atom is 0.0774 e. The molecule has 0 spiro atoms. The van der Waals surface area contributed by atoms with Crippen LogP contribution in [-0.4, -0.2) is 4.57 Å². The zero-order valence-corrected chi connectivity index (χ0v) is 26.7. The quantitative estimate of drug-likeness (QED) is 0.213. The number of hydrogen-bond donors (Lipinski definition) is 1. The maximum absolute atomic E-state index is 3.91. The zero-order valence-electron chi connectivity index (χ0n) is 26.7. The summed E-state index contributed by atoms with van der Waals surface area (Å²) in [6.07, 6.45) is 13.6. The van der Waals surface area contributed by atoms with E-state index in [9.17, 15) is 0 Å². The van der Waals surface area contributed by atoms with Crippen molar-refractivity contribution in [2.24, 2.45) is 0 Å². The first-order valence-electron chi connectivity index (χ1n) is 17.2. The summed E-state index contributed by atoms with van der Waals surface area (Å²) in [5.74, 6) is 0. The van der Waals surface area contributed by atoms with Crippen molar-refractivity contribution in [3.8, 4) is 16.8 Å². The standard InChI is InChI=1S/C45H35N3/c1-2-16-31(17-3-1)48-41-27-12-8-23-37(41)43-36-22-7-11-26-40(36)47(42-28-13-9-24-38(42)45(43)48)32-18-14-15-30(29-32)44-35-21-5-4-19-33(35)34-20-6-10-25-39(34)46-44/h1-8,10,12-23,25,27-29,44,46H,9,11,24,26H2. The van der Waals surface area contributed by atoms with Crippen LogP contribution in [0, 0.1) is 0 Å². The van der Waals surface area contributed by atoms with Gasteiger partial charge in [-0.1, -0.05) is 109 Å². The largest absolute Gasteiger partial charge is 0.374 e. The van der Waals surface area contributed by atoms with Crippen LogP contribution >= 0.6 is 0 Å². The van der Waals surface area contributed by atoms with Crippen LogP contribution < -0.4 is 10.2 Å². The molecular weight excluding hydrogens is 583 g/mol. The molecule has 48 heavy (non-hydrogen) atoms. The van der Waals surface area contributed by atoms with Crippen molar-refractivity contribution >= 4 is 33.4 Å². The molecule has 1 atom stereocenters. The van der Waals surface area contributed by atoms with E-state index in [1.54, 1.807) is 0 Å². The van der Waals surface area contributed by atoms with Gasteiger partial charge in [0.05, 0.1) is 22.9 Å². The molecule has 5 aromatic carbocycles. The molecule has 230 valence electrons. The highest BCUT2D eigenvalue weighted by Gasteiger charge is 2.35. The summed E-state index contributed by atoms with van der Waals surface area (Å²) in [6.45, 7) is 0. The highest BCUT2D eigenvalue weighted by Crippen LogP contribution is 2.50. The van der Waals surface area contributed by atoms with E-state index in [1.807, 2.05) is 0 Å². The highest BCUT2D eigenvalue weighted by atomic mass is 15.2. The molecule has 3 nitrogen and oxygen atoms in total. The van der Waals surface area contributed by atoms with Crippen molar-refractivity contribution in [1.82, 2.24) is 4.57 Å². The number of hydrogen-bond acceptors (Lipinski definition) is 2. The van der Waals surface area contributed by atoms with E-state index in [0.717, 1.165) is 25.7 Å². The fourth-order valence-electron chi connectivity index (χ4n) is 8.47. The van der Waals surface area contributed by atoms with E-state index in [-0.39, 0.29) is 6.04 Å². The Morgan fingerprint density at radius 1 is 0.625 bits per heavy atom. The molecule has 6 aromatic rings. The third kappa shape index (κ3) is 4.07. The average Bonchev–Trinajstić information content (AvgIpc) is 3.44. The number of nitrogens with zero attached hydrogens (tertiary/aromatic N) is 2. The van der Waals surface area contributed by atoms with Crippen molar-refractivity contribution < 1.29 is 0 Å². The van der Waals surface area contributed by atoms with Crippen molar-refractivity contribution in [3.05, 3.63) is 185 Å². The van der Waals surface area contributed by atoms with E-state index < -0.39 is 0 Å². The Balaban J connectivity index is 1.21. The molecule has 1 N–H and O–H groups in total. The van der Waals surface area contributed by atoms with Gasteiger partial charge in [0.1, 0.15) is 0 Å². The van der Waals surface area contributed by atoms with E-state index in [2.05, 4.69) is 166 Å². The van der Waals surface area contributed by atoms with E-state index in [0.29, 0.717) is 0 Å². The van der Waals surface area contributed by atoms with Gasteiger partial charge < -0.3 is 14.8 Å². The Labute approximate surface area is 281 Å². The molecule has 2 aliphatic carbocycles. The number of allylic oxidation sites excluding steroid dienone is 7. The monoisotopic (exact) mass is 617 g/mol. The van der Waals surface area contributed by atoms with Crippen molar-refractivity contribution in [1.29, 1.82) is 0 Å². The van der Waals surface area contributed by atoms with Crippen molar-refractivity contribution in [3.63, 3.8) is 0 Å². The average molecular weight is 618 g/mol. The molecule has 1 aromatic heterocycles. The molecule has 0 amide bonds. The minimum atomic E-state index is 0.0571. The molecule has 0 saturated heterocycles. The second-order valence-electron chi connectivity index (χ2n) is 13.2. The summed E-state index contributed by atoms with van der Waals surface area (Å²) in [5, 5.41) is 5.22. The van der Waals surface area contributed by atoms with Crippen LogP contribution in [-0.2, 0) is 0 Å². The molecule has 10 rings (SSSR count). The lowest BCUT2D eigenvalue weighted by Crippen LogP contribution is -2.24. The molecule has 0 bridgehead atoms. The maximum atomic E-state index is 3.91. The normalized spacial score (nSPS) is 17.7. The van der Waals surface area contributed by atoms with E-state index in [1.165, 1.54) is 84.0 Å². The Morgan fingerprint density at radius 2 is 1.38 bits per heavy atom. The lowest BCUT2D eigenvalue weighted by molar-refractivity contribution is 0.894. The number of anilines is 2. The minimum absolute atomic E-state index is 0.0571. The highest BCUT2D eigenvalue weighted by molar-refractivity contribution is 6.06. The van der Waals surface area contributed by atoms with Gasteiger partial charge in [-0.25, -0.2) is 0 Å². The number of para-hydroxylation sites is 3. The van der Waals surface area contributed by atoms with Crippen molar-refractivity contribution in [2.45, 2.75) is 31.7 Å². The lowest BCUT2D eigenvalue weighted by atomic mass is 9.86. The van der Waals surface area contributed by atoms with Crippen LogP contribution in [0.15, 0.2) is 163 Å². The van der Waals surface area contributed by atoms with Crippen LogP contribution in [0.25, 0.3) is 38.9 Å². The van der Waals surface area contributed by atoms with Crippen molar-refractivity contribution in [2.75, 3.05) is 10.2 Å². The van der Waals surface area contributed by atoms with Crippen LogP contribution in [0.5, 0.6) is 0 Å². The fourth-order valence-corrected chi connectivity index (χ4v) is 8.47. The van der Waals surface area contributed by atoms with E-state index in [4.69, 9.17) is 0 Å². The predicted octanol–water partition coefficient (Wildman–Crippen LogP) is 11.5. The Morgan fingerprint density at radius 3 is 2.31 bits per heavy atom.